The molecule has 136 valence electrons. The van der Waals surface area contributed by atoms with Crippen LogP contribution in [0.25, 0.3) is 34.3 Å². The van der Waals surface area contributed by atoms with Crippen LogP contribution in [-0.4, -0.2) is 9.55 Å². The SMILES string of the molecule is Cc1ccc(/C=C/c2cnc(-c3ccc4c(ccn4C)c3)c(C#N)c2N)cc1. The number of benzene rings is 2. The van der Waals surface area contributed by atoms with Gasteiger partial charge in [0.15, 0.2) is 0 Å². The Labute approximate surface area is 164 Å². The second-order valence-electron chi connectivity index (χ2n) is 6.91. The molecule has 28 heavy (non-hydrogen) atoms. The normalized spacial score (nSPS) is 11.2. The van der Waals surface area contributed by atoms with Crippen LogP contribution in [0.15, 0.2) is 60.9 Å². The molecular formula is C24H20N4. The van der Waals surface area contributed by atoms with Crippen LogP contribution in [0.4, 0.5) is 5.69 Å². The van der Waals surface area contributed by atoms with Gasteiger partial charge in [0.05, 0.1) is 11.4 Å². The van der Waals surface area contributed by atoms with Crippen molar-refractivity contribution in [3.05, 3.63) is 83.2 Å². The van der Waals surface area contributed by atoms with Gasteiger partial charge in [0.25, 0.3) is 0 Å². The number of hydrogen-bond donors (Lipinski definition) is 1. The van der Waals surface area contributed by atoms with Crippen molar-refractivity contribution in [2.45, 2.75) is 6.92 Å². The monoisotopic (exact) mass is 364 g/mol. The molecule has 0 bridgehead atoms. The van der Waals surface area contributed by atoms with E-state index in [4.69, 9.17) is 5.73 Å². The zero-order valence-corrected chi connectivity index (χ0v) is 15.8. The molecule has 2 N–H and O–H groups in total. The maximum Gasteiger partial charge on any atom is 0.104 e. The van der Waals surface area contributed by atoms with E-state index in [2.05, 4.69) is 34.7 Å². The Balaban J connectivity index is 1.74. The maximum atomic E-state index is 9.72. The van der Waals surface area contributed by atoms with Gasteiger partial charge in [-0.25, -0.2) is 0 Å². The number of fused-ring (bicyclic) bond motifs is 1. The molecule has 0 atom stereocenters. The summed E-state index contributed by atoms with van der Waals surface area (Å²) >= 11 is 0. The number of hydrogen-bond acceptors (Lipinski definition) is 3. The van der Waals surface area contributed by atoms with Crippen LogP contribution >= 0.6 is 0 Å². The molecule has 0 aliphatic carbocycles. The van der Waals surface area contributed by atoms with Gasteiger partial charge in [-0.3, -0.25) is 4.98 Å². The van der Waals surface area contributed by atoms with Gasteiger partial charge in [0.2, 0.25) is 0 Å². The van der Waals surface area contributed by atoms with Crippen LogP contribution in [0, 0.1) is 18.3 Å². The minimum absolute atomic E-state index is 0.404. The van der Waals surface area contributed by atoms with E-state index < -0.39 is 0 Å². The van der Waals surface area contributed by atoms with Crippen molar-refractivity contribution in [1.82, 2.24) is 9.55 Å². The molecule has 0 aliphatic rings. The van der Waals surface area contributed by atoms with Gasteiger partial charge in [-0.2, -0.15) is 5.26 Å². The first-order chi connectivity index (χ1) is 13.6. The van der Waals surface area contributed by atoms with Crippen molar-refractivity contribution < 1.29 is 0 Å². The second kappa shape index (κ2) is 7.05. The molecule has 4 nitrogen and oxygen atoms in total. The summed E-state index contributed by atoms with van der Waals surface area (Å²) in [7, 11) is 2.01. The molecule has 0 aliphatic heterocycles. The minimum Gasteiger partial charge on any atom is -0.397 e. The van der Waals surface area contributed by atoms with Gasteiger partial charge in [0.1, 0.15) is 11.6 Å². The summed E-state index contributed by atoms with van der Waals surface area (Å²) in [6.07, 6.45) is 7.62. The molecule has 2 aromatic heterocycles. The zero-order chi connectivity index (χ0) is 19.7. The molecule has 0 unspecified atom stereocenters. The molecule has 4 aromatic rings. The van der Waals surface area contributed by atoms with Crippen molar-refractivity contribution in [3.8, 4) is 17.3 Å². The summed E-state index contributed by atoms with van der Waals surface area (Å²) < 4.78 is 2.06. The summed E-state index contributed by atoms with van der Waals surface area (Å²) in [6, 6.07) is 18.6. The summed E-state index contributed by atoms with van der Waals surface area (Å²) in [4.78, 5) is 4.56. The highest BCUT2D eigenvalue weighted by Crippen LogP contribution is 2.30. The molecule has 0 fully saturated rings. The van der Waals surface area contributed by atoms with E-state index in [-0.39, 0.29) is 0 Å². The minimum atomic E-state index is 0.404. The fourth-order valence-corrected chi connectivity index (χ4v) is 3.30. The second-order valence-corrected chi connectivity index (χ2v) is 6.91. The average Bonchev–Trinajstić information content (AvgIpc) is 3.08. The summed E-state index contributed by atoms with van der Waals surface area (Å²) in [5.74, 6) is 0. The lowest BCUT2D eigenvalue weighted by molar-refractivity contribution is 0.969. The van der Waals surface area contributed by atoms with E-state index in [0.717, 1.165) is 27.6 Å². The highest BCUT2D eigenvalue weighted by molar-refractivity contribution is 5.88. The Bertz CT molecular complexity index is 1240. The van der Waals surface area contributed by atoms with Crippen molar-refractivity contribution in [2.75, 3.05) is 5.73 Å². The fourth-order valence-electron chi connectivity index (χ4n) is 3.30. The lowest BCUT2D eigenvalue weighted by Gasteiger charge is -2.09. The third-order valence-corrected chi connectivity index (χ3v) is 4.95. The van der Waals surface area contributed by atoms with E-state index in [9.17, 15) is 5.26 Å². The molecule has 0 amide bonds. The molecule has 0 saturated carbocycles. The van der Waals surface area contributed by atoms with Crippen LogP contribution in [0.5, 0.6) is 0 Å². The molecule has 2 aromatic carbocycles. The van der Waals surface area contributed by atoms with Crippen LogP contribution in [0.3, 0.4) is 0 Å². The molecule has 0 radical (unpaired) electrons. The van der Waals surface area contributed by atoms with Crippen molar-refractivity contribution >= 4 is 28.7 Å². The number of aryl methyl sites for hydroxylation is 2. The third-order valence-electron chi connectivity index (χ3n) is 4.95. The van der Waals surface area contributed by atoms with Gasteiger partial charge in [0, 0.05) is 41.5 Å². The number of anilines is 1. The summed E-state index contributed by atoms with van der Waals surface area (Å²) in [6.45, 7) is 2.06. The standard InChI is InChI=1S/C24H20N4/c1-16-3-5-17(6-4-16)7-8-20-15-27-24(21(14-25)23(20)26)19-9-10-22-18(13-19)11-12-28(22)2/h3-13,15H,1-2H3,(H2,26,27)/b8-7+. The van der Waals surface area contributed by atoms with E-state index in [0.29, 0.717) is 16.9 Å². The van der Waals surface area contributed by atoms with E-state index in [1.54, 1.807) is 6.20 Å². The van der Waals surface area contributed by atoms with Gasteiger partial charge < -0.3 is 10.3 Å². The number of nitrogens with two attached hydrogens (primary N) is 1. The number of aromatic nitrogens is 2. The lowest BCUT2D eigenvalue weighted by Crippen LogP contribution is -1.99. The molecule has 2 heterocycles. The smallest absolute Gasteiger partial charge is 0.104 e. The van der Waals surface area contributed by atoms with Crippen molar-refractivity contribution in [2.24, 2.45) is 7.05 Å². The van der Waals surface area contributed by atoms with Gasteiger partial charge in [-0.05, 0) is 30.7 Å². The van der Waals surface area contributed by atoms with Crippen molar-refractivity contribution in [3.63, 3.8) is 0 Å². The first kappa shape index (κ1) is 17.6. The van der Waals surface area contributed by atoms with Crippen LogP contribution in [-0.2, 0) is 7.05 Å². The number of nitrogen functional groups attached to an aromatic ring is 1. The van der Waals surface area contributed by atoms with Gasteiger partial charge >= 0.3 is 0 Å². The Morgan fingerprint density at radius 1 is 1.07 bits per heavy atom. The lowest BCUT2D eigenvalue weighted by atomic mass is 10.0. The predicted molar refractivity (Wildman–Crippen MR) is 115 cm³/mol. The Hall–Kier alpha value is -3.84. The van der Waals surface area contributed by atoms with Gasteiger partial charge in [-0.15, -0.1) is 0 Å². The highest BCUT2D eigenvalue weighted by Gasteiger charge is 2.13. The number of nitrogens with zero attached hydrogens (tertiary/aromatic N) is 3. The molecule has 0 spiro atoms. The molecular weight excluding hydrogens is 344 g/mol. The number of rotatable bonds is 3. The number of nitriles is 1. The first-order valence-electron chi connectivity index (χ1n) is 9.05. The first-order valence-corrected chi connectivity index (χ1v) is 9.05. The average molecular weight is 364 g/mol. The Morgan fingerprint density at radius 2 is 1.86 bits per heavy atom. The quantitative estimate of drug-likeness (QED) is 0.545. The van der Waals surface area contributed by atoms with Crippen LogP contribution < -0.4 is 5.73 Å². The summed E-state index contributed by atoms with van der Waals surface area (Å²) in [5, 5.41) is 10.8. The topological polar surface area (TPSA) is 67.6 Å². The molecule has 4 rings (SSSR count). The van der Waals surface area contributed by atoms with E-state index >= 15 is 0 Å². The molecule has 4 heteroatoms. The zero-order valence-electron chi connectivity index (χ0n) is 15.8. The fraction of sp³-hybridized carbons (Fsp3) is 0.0833. The van der Waals surface area contributed by atoms with Gasteiger partial charge in [-0.1, -0.05) is 48.0 Å². The van der Waals surface area contributed by atoms with E-state index in [1.807, 2.05) is 61.8 Å². The summed E-state index contributed by atoms with van der Waals surface area (Å²) in [5.41, 5.74) is 12.8. The third kappa shape index (κ3) is 3.15. The Morgan fingerprint density at radius 3 is 2.61 bits per heavy atom. The van der Waals surface area contributed by atoms with Crippen molar-refractivity contribution in [1.29, 1.82) is 5.26 Å². The van der Waals surface area contributed by atoms with Crippen LogP contribution in [0.2, 0.25) is 0 Å². The van der Waals surface area contributed by atoms with E-state index in [1.165, 1.54) is 5.56 Å². The maximum absolute atomic E-state index is 9.72. The van der Waals surface area contributed by atoms with Crippen LogP contribution in [0.1, 0.15) is 22.3 Å². The number of pyridine rings is 1. The predicted octanol–water partition coefficient (Wildman–Crippen LogP) is 5.17. The largest absolute Gasteiger partial charge is 0.397 e. The Kier molecular flexibility index (Phi) is 4.42. The highest BCUT2D eigenvalue weighted by atomic mass is 14.9. The molecule has 0 saturated heterocycles.